The van der Waals surface area contributed by atoms with Crippen molar-refractivity contribution in [3.05, 3.63) is 223 Å². The minimum absolute atomic E-state index is 0.00718. The van der Waals surface area contributed by atoms with E-state index in [-0.39, 0.29) is 17.5 Å². The summed E-state index contributed by atoms with van der Waals surface area (Å²) in [5.74, 6) is 0. The van der Waals surface area contributed by atoms with Crippen molar-refractivity contribution in [3.63, 3.8) is 0 Å². The standard InChI is InChI=1S/C69H52BN5S/c1-68(2,3)44-26-32-46(33-27-44)72(47-34-28-45(29-35-47)69(4,5)6)49-36-37-55-60(40-49)73(48-30-24-43(25-31-48)50-16-11-18-54-52-15-8-10-23-63(52)76-67(50)54)61-38-42(41-71)39-62-64(61)70(55)56-19-13-22-59-66(56)75(62)58-21-12-17-53-51-14-7-9-20-57(51)74(59)65(53)58/h7-40H,1-6H3. The van der Waals surface area contributed by atoms with Crippen LogP contribution in [0.15, 0.2) is 206 Å². The lowest BCUT2D eigenvalue weighted by Crippen LogP contribution is -2.61. The van der Waals surface area contributed by atoms with Crippen molar-refractivity contribution in [1.82, 2.24) is 4.57 Å². The van der Waals surface area contributed by atoms with Gasteiger partial charge in [-0.25, -0.2) is 0 Å². The largest absolute Gasteiger partial charge is 0.311 e. The van der Waals surface area contributed by atoms with Crippen LogP contribution in [0.4, 0.5) is 51.2 Å². The number of hydrogen-bond donors (Lipinski definition) is 0. The lowest BCUT2D eigenvalue weighted by Gasteiger charge is -2.46. The van der Waals surface area contributed by atoms with Crippen LogP contribution in [0.2, 0.25) is 0 Å². The second-order valence-electron chi connectivity index (χ2n) is 22.9. The molecule has 0 saturated carbocycles. The topological polar surface area (TPSA) is 38.4 Å². The highest BCUT2D eigenvalue weighted by Gasteiger charge is 2.46. The summed E-state index contributed by atoms with van der Waals surface area (Å²) < 4.78 is 5.06. The molecule has 0 aliphatic carbocycles. The van der Waals surface area contributed by atoms with Crippen molar-refractivity contribution in [2.45, 2.75) is 52.4 Å². The smallest absolute Gasteiger partial charge is 0.252 e. The van der Waals surface area contributed by atoms with E-state index >= 15 is 0 Å². The van der Waals surface area contributed by atoms with Gasteiger partial charge in [0.25, 0.3) is 6.71 Å². The summed E-state index contributed by atoms with van der Waals surface area (Å²) in [5, 5.41) is 16.2. The van der Waals surface area contributed by atoms with Crippen LogP contribution in [-0.2, 0) is 10.8 Å². The van der Waals surface area contributed by atoms with Crippen LogP contribution in [0.1, 0.15) is 58.2 Å². The SMILES string of the molecule is CC(C)(C)c1ccc(N(c2ccc(C(C)(C)C)cc2)c2ccc3c(c2)N(c2ccc(-c4cccc5c4sc4ccccc45)cc2)c2cc(C#N)cc4c2B3c2cccc3c2N4c2cccc4c5ccccc5n-3c24)cc1. The predicted octanol–water partition coefficient (Wildman–Crippen LogP) is 17.2. The number of aromatic nitrogens is 1. The molecule has 15 rings (SSSR count). The number of rotatable bonds is 5. The fourth-order valence-electron chi connectivity index (χ4n) is 12.8. The van der Waals surface area contributed by atoms with Crippen molar-refractivity contribution in [2.75, 3.05) is 14.7 Å². The monoisotopic (exact) mass is 993 g/mol. The number of hydrogen-bond acceptors (Lipinski definition) is 5. The molecule has 0 unspecified atom stereocenters. The molecule has 0 fully saturated rings. The van der Waals surface area contributed by atoms with E-state index in [4.69, 9.17) is 0 Å². The quantitative estimate of drug-likeness (QED) is 0.161. The molecule has 0 spiro atoms. The Hall–Kier alpha value is -8.83. The molecule has 0 atom stereocenters. The van der Waals surface area contributed by atoms with Gasteiger partial charge in [0.2, 0.25) is 0 Å². The molecule has 362 valence electrons. The Labute approximate surface area is 447 Å². The van der Waals surface area contributed by atoms with E-state index in [1.165, 1.54) is 80.6 Å². The maximum absolute atomic E-state index is 11.1. The third-order valence-electron chi connectivity index (χ3n) is 16.4. The fourth-order valence-corrected chi connectivity index (χ4v) is 14.0. The third kappa shape index (κ3) is 6.44. The third-order valence-corrected chi connectivity index (χ3v) is 17.6. The average molecular weight is 994 g/mol. The number of para-hydroxylation sites is 3. The average Bonchev–Trinajstić information content (AvgIpc) is 4.15. The summed E-state index contributed by atoms with van der Waals surface area (Å²) >= 11 is 1.86. The number of anilines is 9. The Morgan fingerprint density at radius 2 is 1.09 bits per heavy atom. The van der Waals surface area contributed by atoms with Gasteiger partial charge in [-0.05, 0) is 134 Å². The molecule has 0 amide bonds. The Morgan fingerprint density at radius 3 is 1.80 bits per heavy atom. The fraction of sp³-hybridized carbons (Fsp3) is 0.116. The van der Waals surface area contributed by atoms with E-state index in [0.717, 1.165) is 56.9 Å². The van der Waals surface area contributed by atoms with E-state index in [2.05, 4.69) is 273 Å². The maximum Gasteiger partial charge on any atom is 0.252 e. The van der Waals surface area contributed by atoms with E-state index < -0.39 is 0 Å². The minimum atomic E-state index is -0.137. The van der Waals surface area contributed by atoms with Gasteiger partial charge in [-0.15, -0.1) is 11.3 Å². The molecule has 76 heavy (non-hydrogen) atoms. The molecule has 3 aliphatic heterocycles. The van der Waals surface area contributed by atoms with E-state index in [1.807, 2.05) is 11.3 Å². The molecule has 2 aromatic heterocycles. The van der Waals surface area contributed by atoms with Gasteiger partial charge in [0, 0.05) is 70.8 Å². The normalized spacial score (nSPS) is 13.3. The van der Waals surface area contributed by atoms with Crippen molar-refractivity contribution < 1.29 is 0 Å². The van der Waals surface area contributed by atoms with Crippen LogP contribution in [0, 0.1) is 11.3 Å². The van der Waals surface area contributed by atoms with E-state index in [0.29, 0.717) is 5.56 Å². The molecule has 7 heteroatoms. The first-order valence-corrected chi connectivity index (χ1v) is 27.2. The van der Waals surface area contributed by atoms with Crippen LogP contribution in [-0.4, -0.2) is 11.3 Å². The zero-order valence-corrected chi connectivity index (χ0v) is 44.2. The van der Waals surface area contributed by atoms with Crippen LogP contribution >= 0.6 is 11.3 Å². The Morgan fingerprint density at radius 1 is 0.487 bits per heavy atom. The van der Waals surface area contributed by atoms with Gasteiger partial charge in [0.15, 0.2) is 0 Å². The first-order chi connectivity index (χ1) is 36.9. The Bertz CT molecular complexity index is 4390. The molecule has 0 radical (unpaired) electrons. The molecule has 5 nitrogen and oxygen atoms in total. The number of fused-ring (bicyclic) bond motifs is 12. The van der Waals surface area contributed by atoms with Gasteiger partial charge in [0.1, 0.15) is 0 Å². The van der Waals surface area contributed by atoms with Crippen molar-refractivity contribution >= 4 is 128 Å². The second kappa shape index (κ2) is 16.1. The summed E-state index contributed by atoms with van der Waals surface area (Å²) in [6.07, 6.45) is 0. The number of nitriles is 1. The van der Waals surface area contributed by atoms with Gasteiger partial charge < -0.3 is 19.3 Å². The van der Waals surface area contributed by atoms with Gasteiger partial charge in [-0.2, -0.15) is 5.26 Å². The van der Waals surface area contributed by atoms with E-state index in [1.54, 1.807) is 0 Å². The van der Waals surface area contributed by atoms with Crippen molar-refractivity contribution in [3.8, 4) is 22.9 Å². The summed E-state index contributed by atoms with van der Waals surface area (Å²) in [4.78, 5) is 7.32. The van der Waals surface area contributed by atoms with Crippen LogP contribution in [0.5, 0.6) is 0 Å². The van der Waals surface area contributed by atoms with E-state index in [9.17, 15) is 5.26 Å². The predicted molar refractivity (Wildman–Crippen MR) is 323 cm³/mol. The summed E-state index contributed by atoms with van der Waals surface area (Å²) in [6.45, 7) is 13.5. The first-order valence-electron chi connectivity index (χ1n) is 26.4. The molecule has 0 saturated heterocycles. The molecule has 0 bridgehead atoms. The lowest BCUT2D eigenvalue weighted by atomic mass is 9.33. The summed E-state index contributed by atoms with van der Waals surface area (Å²) in [7, 11) is 0. The number of thiophene rings is 1. The highest BCUT2D eigenvalue weighted by atomic mass is 32.1. The van der Waals surface area contributed by atoms with Gasteiger partial charge >= 0.3 is 0 Å². The van der Waals surface area contributed by atoms with Crippen molar-refractivity contribution in [2.24, 2.45) is 0 Å². The highest BCUT2D eigenvalue weighted by Crippen LogP contribution is 2.53. The molecule has 12 aromatic rings. The van der Waals surface area contributed by atoms with Crippen LogP contribution in [0.3, 0.4) is 0 Å². The zero-order chi connectivity index (χ0) is 51.4. The Kier molecular flexibility index (Phi) is 9.45. The van der Waals surface area contributed by atoms with Gasteiger partial charge in [-0.3, -0.25) is 0 Å². The molecule has 10 aromatic carbocycles. The molecule has 3 aliphatic rings. The highest BCUT2D eigenvalue weighted by molar-refractivity contribution is 7.26. The van der Waals surface area contributed by atoms with Crippen LogP contribution in [0.25, 0.3) is 58.8 Å². The lowest BCUT2D eigenvalue weighted by molar-refractivity contribution is 0.590. The minimum Gasteiger partial charge on any atom is -0.311 e. The van der Waals surface area contributed by atoms with Crippen molar-refractivity contribution in [1.29, 1.82) is 5.26 Å². The van der Waals surface area contributed by atoms with Crippen LogP contribution < -0.4 is 31.1 Å². The molecule has 5 heterocycles. The molecular formula is C69H52BN5S. The number of benzene rings is 10. The van der Waals surface area contributed by atoms with Gasteiger partial charge in [-0.1, -0.05) is 163 Å². The zero-order valence-electron chi connectivity index (χ0n) is 43.4. The Balaban J connectivity index is 0.986. The molecular weight excluding hydrogens is 942 g/mol. The summed E-state index contributed by atoms with van der Waals surface area (Å²) in [6, 6.07) is 79.2. The summed E-state index contributed by atoms with van der Waals surface area (Å²) in [5.41, 5.74) is 22.4. The number of nitrogens with zero attached hydrogens (tertiary/aromatic N) is 5. The maximum atomic E-state index is 11.1. The first kappa shape index (κ1) is 44.6. The molecule has 0 N–H and O–H groups in total. The second-order valence-corrected chi connectivity index (χ2v) is 23.9. The van der Waals surface area contributed by atoms with Gasteiger partial charge in [0.05, 0.1) is 39.7 Å².